The van der Waals surface area contributed by atoms with Crippen molar-refractivity contribution < 1.29 is 13.2 Å². The molecule has 1 aromatic heterocycles. The molecule has 3 heterocycles. The lowest BCUT2D eigenvalue weighted by Crippen LogP contribution is -2.48. The summed E-state index contributed by atoms with van der Waals surface area (Å²) in [5.41, 5.74) is 0. The highest BCUT2D eigenvalue weighted by Crippen LogP contribution is 2.28. The Morgan fingerprint density at radius 3 is 2.64 bits per heavy atom. The molecule has 5 nitrogen and oxygen atoms in total. The van der Waals surface area contributed by atoms with Crippen LogP contribution >= 0.6 is 11.3 Å². The summed E-state index contributed by atoms with van der Waals surface area (Å²) in [5.74, 6) is 0.0562. The van der Waals surface area contributed by atoms with Crippen molar-refractivity contribution in [3.8, 4) is 0 Å². The number of piperidine rings is 1. The molecule has 7 heteroatoms. The van der Waals surface area contributed by atoms with Crippen molar-refractivity contribution in [2.24, 2.45) is 0 Å². The van der Waals surface area contributed by atoms with Gasteiger partial charge < -0.3 is 0 Å². The zero-order valence-electron chi connectivity index (χ0n) is 12.6. The maximum Gasteiger partial charge on any atom is 0.282 e. The lowest BCUT2D eigenvalue weighted by Gasteiger charge is -2.32. The third kappa shape index (κ3) is 3.27. The predicted octanol–water partition coefficient (Wildman–Crippen LogP) is 2.52. The molecule has 2 aliphatic rings. The van der Waals surface area contributed by atoms with Gasteiger partial charge in [0.25, 0.3) is 10.2 Å². The van der Waals surface area contributed by atoms with Gasteiger partial charge in [0.15, 0.2) is 5.78 Å². The molecular formula is C15H22N2O3S2. The normalized spacial score (nSPS) is 24.6. The molecule has 1 aromatic rings. The van der Waals surface area contributed by atoms with Gasteiger partial charge in [0.05, 0.1) is 4.88 Å². The van der Waals surface area contributed by atoms with Crippen molar-refractivity contribution in [1.29, 1.82) is 0 Å². The van der Waals surface area contributed by atoms with E-state index in [0.29, 0.717) is 26.1 Å². The molecule has 2 saturated heterocycles. The first kappa shape index (κ1) is 16.1. The van der Waals surface area contributed by atoms with Gasteiger partial charge in [0.2, 0.25) is 0 Å². The van der Waals surface area contributed by atoms with Gasteiger partial charge in [0.1, 0.15) is 0 Å². The minimum atomic E-state index is -3.41. The van der Waals surface area contributed by atoms with Crippen LogP contribution in [0.15, 0.2) is 17.5 Å². The fourth-order valence-electron chi connectivity index (χ4n) is 3.31. The number of ketones is 1. The van der Waals surface area contributed by atoms with Crippen LogP contribution in [0.3, 0.4) is 0 Å². The Labute approximate surface area is 136 Å². The Morgan fingerprint density at radius 2 is 1.95 bits per heavy atom. The van der Waals surface area contributed by atoms with Crippen molar-refractivity contribution in [2.45, 2.75) is 44.6 Å². The Morgan fingerprint density at radius 1 is 1.18 bits per heavy atom. The molecule has 0 bridgehead atoms. The maximum absolute atomic E-state index is 12.8. The van der Waals surface area contributed by atoms with E-state index < -0.39 is 10.2 Å². The molecule has 122 valence electrons. The lowest BCUT2D eigenvalue weighted by molar-refractivity contribution is 0.0964. The van der Waals surface area contributed by atoms with Crippen LogP contribution in [-0.4, -0.2) is 48.5 Å². The fourth-order valence-corrected chi connectivity index (χ4v) is 5.92. The minimum absolute atomic E-state index is 0.0562. The summed E-state index contributed by atoms with van der Waals surface area (Å²) < 4.78 is 28.8. The molecule has 22 heavy (non-hydrogen) atoms. The Bertz CT molecular complexity index is 607. The molecule has 0 unspecified atom stereocenters. The van der Waals surface area contributed by atoms with Crippen LogP contribution in [0.25, 0.3) is 0 Å². The second-order valence-electron chi connectivity index (χ2n) is 5.98. The molecule has 0 radical (unpaired) electrons. The molecule has 2 aliphatic heterocycles. The van der Waals surface area contributed by atoms with E-state index in [2.05, 4.69) is 0 Å². The number of rotatable bonds is 5. The third-order valence-corrected chi connectivity index (χ3v) is 7.48. The highest BCUT2D eigenvalue weighted by molar-refractivity contribution is 7.86. The molecule has 1 atom stereocenters. The van der Waals surface area contributed by atoms with Crippen LogP contribution in [-0.2, 0) is 10.2 Å². The number of thiophene rings is 1. The van der Waals surface area contributed by atoms with Crippen LogP contribution in [0.4, 0.5) is 0 Å². The third-order valence-electron chi connectivity index (χ3n) is 4.48. The van der Waals surface area contributed by atoms with Gasteiger partial charge in [-0.05, 0) is 37.1 Å². The average Bonchev–Trinajstić information content (AvgIpc) is 3.19. The standard InChI is InChI=1S/C15H22N2O3S2/c18-14(15-7-5-11-21-15)12-13-6-4-10-17(13)22(19,20)16-8-2-1-3-9-16/h5,7,11,13H,1-4,6,8-10,12H2/t13-/m1/s1. The van der Waals surface area contributed by atoms with E-state index in [1.807, 2.05) is 17.5 Å². The summed E-state index contributed by atoms with van der Waals surface area (Å²) in [7, 11) is -3.41. The minimum Gasteiger partial charge on any atom is -0.293 e. The van der Waals surface area contributed by atoms with Crippen molar-refractivity contribution in [3.05, 3.63) is 22.4 Å². The molecular weight excluding hydrogens is 320 g/mol. The van der Waals surface area contributed by atoms with Crippen molar-refractivity contribution in [2.75, 3.05) is 19.6 Å². The van der Waals surface area contributed by atoms with E-state index in [9.17, 15) is 13.2 Å². The first-order valence-electron chi connectivity index (χ1n) is 7.92. The van der Waals surface area contributed by atoms with Crippen molar-refractivity contribution in [3.63, 3.8) is 0 Å². The number of hydrogen-bond donors (Lipinski definition) is 0. The first-order chi connectivity index (χ1) is 10.6. The Balaban J connectivity index is 1.71. The fraction of sp³-hybridized carbons (Fsp3) is 0.667. The molecule has 2 fully saturated rings. The zero-order valence-corrected chi connectivity index (χ0v) is 14.2. The Hall–Kier alpha value is -0.760. The summed E-state index contributed by atoms with van der Waals surface area (Å²) in [6.07, 6.45) is 4.90. The first-order valence-corrected chi connectivity index (χ1v) is 10.2. The number of hydrogen-bond acceptors (Lipinski definition) is 4. The second-order valence-corrected chi connectivity index (χ2v) is 8.81. The molecule has 0 spiro atoms. The van der Waals surface area contributed by atoms with Crippen molar-refractivity contribution >= 4 is 27.3 Å². The molecule has 0 N–H and O–H groups in total. The summed E-state index contributed by atoms with van der Waals surface area (Å²) in [6.45, 7) is 1.77. The second kappa shape index (κ2) is 6.78. The molecule has 0 saturated carbocycles. The molecule has 0 aromatic carbocycles. The Kier molecular flexibility index (Phi) is 4.97. The quantitative estimate of drug-likeness (QED) is 0.773. The van der Waals surface area contributed by atoms with Crippen LogP contribution in [0, 0.1) is 0 Å². The zero-order chi connectivity index (χ0) is 15.6. The maximum atomic E-state index is 12.8. The largest absolute Gasteiger partial charge is 0.293 e. The van der Waals surface area contributed by atoms with Gasteiger partial charge in [-0.15, -0.1) is 11.3 Å². The van der Waals surface area contributed by atoms with Gasteiger partial charge in [-0.1, -0.05) is 12.5 Å². The van der Waals surface area contributed by atoms with Gasteiger partial charge in [-0.2, -0.15) is 17.0 Å². The monoisotopic (exact) mass is 342 g/mol. The summed E-state index contributed by atoms with van der Waals surface area (Å²) in [5, 5.41) is 1.88. The molecule has 0 amide bonds. The predicted molar refractivity (Wildman–Crippen MR) is 87.3 cm³/mol. The number of carbonyl (C=O) groups excluding carboxylic acids is 1. The van der Waals surface area contributed by atoms with Crippen molar-refractivity contribution in [1.82, 2.24) is 8.61 Å². The molecule has 0 aliphatic carbocycles. The van der Waals surface area contributed by atoms with E-state index >= 15 is 0 Å². The molecule has 3 rings (SSSR count). The van der Waals surface area contributed by atoms with Gasteiger partial charge in [-0.3, -0.25) is 4.79 Å². The average molecular weight is 342 g/mol. The van der Waals surface area contributed by atoms with Crippen LogP contribution in [0.1, 0.15) is 48.2 Å². The van der Waals surface area contributed by atoms with E-state index in [0.717, 1.165) is 37.0 Å². The summed E-state index contributed by atoms with van der Waals surface area (Å²) in [6, 6.07) is 3.49. The van der Waals surface area contributed by atoms with E-state index in [1.165, 1.54) is 11.3 Å². The van der Waals surface area contributed by atoms with Gasteiger partial charge in [0, 0.05) is 32.1 Å². The number of carbonyl (C=O) groups is 1. The van der Waals surface area contributed by atoms with Gasteiger partial charge in [-0.25, -0.2) is 0 Å². The highest BCUT2D eigenvalue weighted by Gasteiger charge is 2.39. The van der Waals surface area contributed by atoms with Gasteiger partial charge >= 0.3 is 0 Å². The van der Waals surface area contributed by atoms with Crippen LogP contribution in [0.2, 0.25) is 0 Å². The topological polar surface area (TPSA) is 57.7 Å². The van der Waals surface area contributed by atoms with Crippen LogP contribution < -0.4 is 0 Å². The number of Topliss-reactive ketones (excluding diaryl/α,β-unsaturated/α-hetero) is 1. The SMILES string of the molecule is O=C(C[C@H]1CCCN1S(=O)(=O)N1CCCCC1)c1cccs1. The van der Waals surface area contributed by atoms with Crippen LogP contribution in [0.5, 0.6) is 0 Å². The van der Waals surface area contributed by atoms with E-state index in [-0.39, 0.29) is 11.8 Å². The lowest BCUT2D eigenvalue weighted by atomic mass is 10.1. The van der Waals surface area contributed by atoms with E-state index in [4.69, 9.17) is 0 Å². The highest BCUT2D eigenvalue weighted by atomic mass is 32.2. The number of nitrogens with zero attached hydrogens (tertiary/aromatic N) is 2. The van der Waals surface area contributed by atoms with E-state index in [1.54, 1.807) is 8.61 Å². The smallest absolute Gasteiger partial charge is 0.282 e. The summed E-state index contributed by atoms with van der Waals surface area (Å²) in [4.78, 5) is 13.0. The summed E-state index contributed by atoms with van der Waals surface area (Å²) >= 11 is 1.42.